The maximum absolute atomic E-state index is 5.38. The van der Waals surface area contributed by atoms with Crippen LogP contribution in [-0.2, 0) is 4.74 Å². The Labute approximate surface area is 97.8 Å². The number of aliphatic imine (C=N–C) groups is 1. The molecule has 0 saturated carbocycles. The van der Waals surface area contributed by atoms with Crippen LogP contribution in [0.25, 0.3) is 6.08 Å². The van der Waals surface area contributed by atoms with Crippen molar-refractivity contribution in [3.8, 4) is 0 Å². The second-order valence-corrected chi connectivity index (χ2v) is 4.23. The van der Waals surface area contributed by atoms with E-state index in [1.54, 1.807) is 0 Å². The summed E-state index contributed by atoms with van der Waals surface area (Å²) >= 11 is 3.43. The molecule has 0 amide bonds. The zero-order chi connectivity index (χ0) is 10.5. The molecule has 3 heteroatoms. The summed E-state index contributed by atoms with van der Waals surface area (Å²) in [6.07, 6.45) is 4.95. The van der Waals surface area contributed by atoms with Crippen molar-refractivity contribution in [1.29, 1.82) is 0 Å². The van der Waals surface area contributed by atoms with Crippen LogP contribution in [0.4, 0.5) is 0 Å². The van der Waals surface area contributed by atoms with E-state index in [0.717, 1.165) is 35.5 Å². The molecule has 2 nitrogen and oxygen atoms in total. The molecule has 0 bridgehead atoms. The predicted octanol–water partition coefficient (Wildman–Crippen LogP) is 3.28. The van der Waals surface area contributed by atoms with Gasteiger partial charge in [-0.15, -0.1) is 0 Å². The third-order valence-electron chi connectivity index (χ3n) is 2.09. The summed E-state index contributed by atoms with van der Waals surface area (Å²) in [5.41, 5.74) is 1.14. The van der Waals surface area contributed by atoms with Gasteiger partial charge in [0.15, 0.2) is 0 Å². The van der Waals surface area contributed by atoms with E-state index >= 15 is 0 Å². The van der Waals surface area contributed by atoms with Crippen molar-refractivity contribution in [3.63, 3.8) is 0 Å². The normalized spacial score (nSPS) is 16.2. The first-order valence-electron chi connectivity index (χ1n) is 4.95. The number of halogens is 1. The Kier molecular flexibility index (Phi) is 3.56. The van der Waals surface area contributed by atoms with Crippen LogP contribution in [0.15, 0.2) is 39.8 Å². The standard InChI is InChI=1S/C12H12BrNO/c13-11-4-1-3-10(9-11)5-6-12-14-7-2-8-15-12/h1,3-6,9H,2,7-8H2/b6-5+. The van der Waals surface area contributed by atoms with E-state index in [1.807, 2.05) is 30.4 Å². The lowest BCUT2D eigenvalue weighted by atomic mass is 10.2. The van der Waals surface area contributed by atoms with Gasteiger partial charge in [0, 0.05) is 23.5 Å². The summed E-state index contributed by atoms with van der Waals surface area (Å²) in [6, 6.07) is 8.11. The molecule has 0 unspecified atom stereocenters. The molecule has 78 valence electrons. The monoisotopic (exact) mass is 265 g/mol. The van der Waals surface area contributed by atoms with Gasteiger partial charge in [-0.3, -0.25) is 4.99 Å². The molecule has 0 radical (unpaired) electrons. The van der Waals surface area contributed by atoms with Gasteiger partial charge < -0.3 is 4.74 Å². The number of benzene rings is 1. The van der Waals surface area contributed by atoms with Crippen LogP contribution in [0, 0.1) is 0 Å². The summed E-state index contributed by atoms with van der Waals surface area (Å²) in [4.78, 5) is 4.26. The van der Waals surface area contributed by atoms with Crippen molar-refractivity contribution in [2.24, 2.45) is 4.99 Å². The lowest BCUT2D eigenvalue weighted by molar-refractivity contribution is 0.286. The van der Waals surface area contributed by atoms with E-state index in [4.69, 9.17) is 4.74 Å². The first kappa shape index (κ1) is 10.4. The van der Waals surface area contributed by atoms with Crippen molar-refractivity contribution in [2.45, 2.75) is 6.42 Å². The van der Waals surface area contributed by atoms with E-state index in [0.29, 0.717) is 0 Å². The molecule has 0 saturated heterocycles. The molecular formula is C12H12BrNO. The van der Waals surface area contributed by atoms with Gasteiger partial charge in [-0.2, -0.15) is 0 Å². The van der Waals surface area contributed by atoms with Gasteiger partial charge in [0.25, 0.3) is 0 Å². The maximum Gasteiger partial charge on any atom is 0.208 e. The van der Waals surface area contributed by atoms with Crippen molar-refractivity contribution in [3.05, 3.63) is 40.4 Å². The molecule has 0 atom stereocenters. The molecule has 0 aromatic heterocycles. The average Bonchev–Trinajstić information content (AvgIpc) is 2.28. The van der Waals surface area contributed by atoms with Crippen molar-refractivity contribution in [2.75, 3.05) is 13.2 Å². The summed E-state index contributed by atoms with van der Waals surface area (Å²) in [5.74, 6) is 0.737. The van der Waals surface area contributed by atoms with Gasteiger partial charge in [0.05, 0.1) is 6.61 Å². The summed E-state index contributed by atoms with van der Waals surface area (Å²) in [5, 5.41) is 0. The van der Waals surface area contributed by atoms with Gasteiger partial charge in [-0.05, 0) is 23.8 Å². The maximum atomic E-state index is 5.38. The van der Waals surface area contributed by atoms with Crippen LogP contribution in [0.2, 0.25) is 0 Å². The number of hydrogen-bond donors (Lipinski definition) is 0. The number of rotatable bonds is 2. The van der Waals surface area contributed by atoms with Crippen molar-refractivity contribution in [1.82, 2.24) is 0 Å². The summed E-state index contributed by atoms with van der Waals surface area (Å²) in [7, 11) is 0. The lowest BCUT2D eigenvalue weighted by Gasteiger charge is -2.09. The minimum atomic E-state index is 0.737. The largest absolute Gasteiger partial charge is 0.478 e. The third kappa shape index (κ3) is 3.20. The molecule has 0 N–H and O–H groups in total. The molecule has 2 rings (SSSR count). The quantitative estimate of drug-likeness (QED) is 0.805. The molecule has 0 spiro atoms. The minimum absolute atomic E-state index is 0.737. The van der Waals surface area contributed by atoms with Crippen LogP contribution in [0.3, 0.4) is 0 Å². The highest BCUT2D eigenvalue weighted by Crippen LogP contribution is 2.13. The van der Waals surface area contributed by atoms with Crippen LogP contribution in [0.5, 0.6) is 0 Å². The Hall–Kier alpha value is -1.09. The Bertz CT molecular complexity index is 398. The Morgan fingerprint density at radius 1 is 1.33 bits per heavy atom. The van der Waals surface area contributed by atoms with E-state index < -0.39 is 0 Å². The molecule has 1 aliphatic heterocycles. The molecule has 0 fully saturated rings. The van der Waals surface area contributed by atoms with E-state index in [1.165, 1.54) is 0 Å². The molecule has 1 aromatic rings. The lowest BCUT2D eigenvalue weighted by Crippen LogP contribution is -2.10. The smallest absolute Gasteiger partial charge is 0.208 e. The van der Waals surface area contributed by atoms with Gasteiger partial charge in [0.2, 0.25) is 5.90 Å². The van der Waals surface area contributed by atoms with Crippen molar-refractivity contribution >= 4 is 27.9 Å². The van der Waals surface area contributed by atoms with E-state index in [2.05, 4.69) is 27.0 Å². The Morgan fingerprint density at radius 3 is 3.00 bits per heavy atom. The first-order valence-corrected chi connectivity index (χ1v) is 5.75. The topological polar surface area (TPSA) is 21.6 Å². The Balaban J connectivity index is 2.07. The van der Waals surface area contributed by atoms with Crippen LogP contribution in [-0.4, -0.2) is 19.0 Å². The van der Waals surface area contributed by atoms with Crippen LogP contribution < -0.4 is 0 Å². The molecule has 1 heterocycles. The van der Waals surface area contributed by atoms with Gasteiger partial charge in [-0.25, -0.2) is 0 Å². The fraction of sp³-hybridized carbons (Fsp3) is 0.250. The van der Waals surface area contributed by atoms with Gasteiger partial charge in [-0.1, -0.05) is 28.1 Å². The zero-order valence-corrected chi connectivity index (χ0v) is 9.90. The van der Waals surface area contributed by atoms with Gasteiger partial charge in [0.1, 0.15) is 0 Å². The second kappa shape index (κ2) is 5.12. The minimum Gasteiger partial charge on any atom is -0.478 e. The highest BCUT2D eigenvalue weighted by Gasteiger charge is 2.00. The van der Waals surface area contributed by atoms with E-state index in [9.17, 15) is 0 Å². The second-order valence-electron chi connectivity index (χ2n) is 3.31. The summed E-state index contributed by atoms with van der Waals surface area (Å²) < 4.78 is 6.46. The molecule has 1 aromatic carbocycles. The predicted molar refractivity (Wildman–Crippen MR) is 66.0 cm³/mol. The Morgan fingerprint density at radius 2 is 2.27 bits per heavy atom. The molecule has 15 heavy (non-hydrogen) atoms. The number of nitrogens with zero attached hydrogens (tertiary/aromatic N) is 1. The van der Waals surface area contributed by atoms with Gasteiger partial charge >= 0.3 is 0 Å². The van der Waals surface area contributed by atoms with Crippen LogP contribution >= 0.6 is 15.9 Å². The molecule has 0 aliphatic carbocycles. The van der Waals surface area contributed by atoms with Crippen LogP contribution in [0.1, 0.15) is 12.0 Å². The highest BCUT2D eigenvalue weighted by molar-refractivity contribution is 9.10. The van der Waals surface area contributed by atoms with Crippen molar-refractivity contribution < 1.29 is 4.74 Å². The fourth-order valence-corrected chi connectivity index (χ4v) is 1.77. The number of hydrogen-bond acceptors (Lipinski definition) is 2. The fourth-order valence-electron chi connectivity index (χ4n) is 1.35. The first-order chi connectivity index (χ1) is 7.34. The molecular weight excluding hydrogens is 254 g/mol. The SMILES string of the molecule is Brc1cccc(/C=C/C2=NCCCO2)c1. The highest BCUT2D eigenvalue weighted by atomic mass is 79.9. The molecule has 1 aliphatic rings. The average molecular weight is 266 g/mol. The van der Waals surface area contributed by atoms with E-state index in [-0.39, 0.29) is 0 Å². The number of ether oxygens (including phenoxy) is 1. The summed E-state index contributed by atoms with van der Waals surface area (Å²) in [6.45, 7) is 1.65. The third-order valence-corrected chi connectivity index (χ3v) is 2.58. The zero-order valence-electron chi connectivity index (χ0n) is 8.32.